The van der Waals surface area contributed by atoms with E-state index in [2.05, 4.69) is 25.4 Å². The normalized spacial score (nSPS) is 10.9. The van der Waals surface area contributed by atoms with E-state index >= 15 is 0 Å². The minimum Gasteiger partial charge on any atom is -0.351 e. The highest BCUT2D eigenvalue weighted by atomic mass is 35.5. The zero-order chi connectivity index (χ0) is 17.2. The van der Waals surface area contributed by atoms with Crippen LogP contribution in [0, 0.1) is 0 Å². The first-order chi connectivity index (χ1) is 12.2. The van der Waals surface area contributed by atoms with Crippen LogP contribution in [-0.4, -0.2) is 26.0 Å². The van der Waals surface area contributed by atoms with E-state index in [1.807, 2.05) is 6.07 Å². The summed E-state index contributed by atoms with van der Waals surface area (Å²) in [4.78, 5) is 23.5. The summed E-state index contributed by atoms with van der Waals surface area (Å²) in [5, 5.41) is 8.13. The third-order valence-corrected chi connectivity index (χ3v) is 3.87. The molecule has 3 heterocycles. The van der Waals surface area contributed by atoms with Crippen molar-refractivity contribution in [2.45, 2.75) is 6.54 Å². The van der Waals surface area contributed by atoms with Crippen LogP contribution in [0.1, 0.15) is 16.4 Å². The van der Waals surface area contributed by atoms with Crippen LogP contribution in [0.4, 0.5) is 0 Å². The lowest BCUT2D eigenvalue weighted by Crippen LogP contribution is -2.23. The Bertz CT molecular complexity index is 1040. The Morgan fingerprint density at radius 1 is 1.20 bits per heavy atom. The predicted octanol–water partition coefficient (Wildman–Crippen LogP) is 3.20. The third-order valence-electron chi connectivity index (χ3n) is 3.63. The minimum atomic E-state index is -0.268. The largest absolute Gasteiger partial charge is 0.351 e. The smallest absolute Gasteiger partial charge is 0.268 e. The van der Waals surface area contributed by atoms with E-state index < -0.39 is 0 Å². The highest BCUT2D eigenvalue weighted by Gasteiger charge is 2.13. The summed E-state index contributed by atoms with van der Waals surface area (Å²) in [6.45, 7) is 0.132. The SMILES string of the molecule is O=C(NCc1nc(-c2ccncc2)no1)c1cc2cc(Cl)ccc2[nH]1. The van der Waals surface area contributed by atoms with Gasteiger partial charge in [-0.2, -0.15) is 4.98 Å². The lowest BCUT2D eigenvalue weighted by molar-refractivity contribution is 0.0942. The number of aromatic amines is 1. The van der Waals surface area contributed by atoms with Crippen LogP contribution in [0.15, 0.2) is 53.3 Å². The number of aromatic nitrogens is 4. The second-order valence-electron chi connectivity index (χ2n) is 5.34. The molecular formula is C17H12ClN5O2. The summed E-state index contributed by atoms with van der Waals surface area (Å²) >= 11 is 5.96. The van der Waals surface area contributed by atoms with E-state index in [0.29, 0.717) is 22.4 Å². The second kappa shape index (κ2) is 6.37. The topological polar surface area (TPSA) is 96.7 Å². The average Bonchev–Trinajstić information content (AvgIpc) is 3.27. The number of hydrogen-bond donors (Lipinski definition) is 2. The molecule has 0 fully saturated rings. The Balaban J connectivity index is 1.45. The molecule has 25 heavy (non-hydrogen) atoms. The number of amides is 1. The summed E-state index contributed by atoms with van der Waals surface area (Å²) in [7, 11) is 0. The fraction of sp³-hybridized carbons (Fsp3) is 0.0588. The molecule has 4 rings (SSSR count). The number of rotatable bonds is 4. The molecule has 1 aromatic carbocycles. The third kappa shape index (κ3) is 3.22. The van der Waals surface area contributed by atoms with Crippen LogP contribution in [-0.2, 0) is 6.54 Å². The molecule has 0 saturated heterocycles. The Morgan fingerprint density at radius 3 is 2.88 bits per heavy atom. The van der Waals surface area contributed by atoms with Crippen molar-refractivity contribution in [3.63, 3.8) is 0 Å². The van der Waals surface area contributed by atoms with Crippen molar-refractivity contribution in [2.24, 2.45) is 0 Å². The summed E-state index contributed by atoms with van der Waals surface area (Å²) in [6, 6.07) is 10.7. The standard InChI is InChI=1S/C17H12ClN5O2/c18-12-1-2-13-11(7-12)8-14(21-13)17(24)20-9-15-22-16(23-25-15)10-3-5-19-6-4-10/h1-8,21H,9H2,(H,20,24). The van der Waals surface area contributed by atoms with Crippen LogP contribution < -0.4 is 5.32 Å². The van der Waals surface area contributed by atoms with Gasteiger partial charge >= 0.3 is 0 Å². The van der Waals surface area contributed by atoms with Crippen molar-refractivity contribution in [3.05, 3.63) is 65.4 Å². The van der Waals surface area contributed by atoms with Gasteiger partial charge in [-0.3, -0.25) is 9.78 Å². The van der Waals surface area contributed by atoms with Gasteiger partial charge in [0.05, 0.1) is 6.54 Å². The van der Waals surface area contributed by atoms with E-state index in [4.69, 9.17) is 16.1 Å². The van der Waals surface area contributed by atoms with Gasteiger partial charge in [-0.15, -0.1) is 0 Å². The molecule has 0 aliphatic rings. The van der Waals surface area contributed by atoms with Crippen molar-refractivity contribution in [1.82, 2.24) is 25.4 Å². The van der Waals surface area contributed by atoms with Gasteiger partial charge in [-0.25, -0.2) is 0 Å². The van der Waals surface area contributed by atoms with Crippen molar-refractivity contribution >= 4 is 28.4 Å². The van der Waals surface area contributed by atoms with Crippen molar-refractivity contribution in [1.29, 1.82) is 0 Å². The molecular weight excluding hydrogens is 342 g/mol. The molecule has 4 aromatic rings. The number of benzene rings is 1. The molecule has 0 saturated carbocycles. The average molecular weight is 354 g/mol. The van der Waals surface area contributed by atoms with Gasteiger partial charge in [0.2, 0.25) is 11.7 Å². The van der Waals surface area contributed by atoms with Crippen LogP contribution >= 0.6 is 11.6 Å². The molecule has 2 N–H and O–H groups in total. The van der Waals surface area contributed by atoms with Crippen LogP contribution in [0.3, 0.4) is 0 Å². The molecule has 1 amide bonds. The van der Waals surface area contributed by atoms with Gasteiger partial charge in [-0.05, 0) is 36.4 Å². The molecule has 0 bridgehead atoms. The molecule has 0 atom stereocenters. The number of nitrogens with zero attached hydrogens (tertiary/aromatic N) is 3. The molecule has 0 aliphatic heterocycles. The number of hydrogen-bond acceptors (Lipinski definition) is 5. The maximum atomic E-state index is 12.3. The number of halogens is 1. The maximum absolute atomic E-state index is 12.3. The number of fused-ring (bicyclic) bond motifs is 1. The Morgan fingerprint density at radius 2 is 2.04 bits per heavy atom. The van der Waals surface area contributed by atoms with Crippen LogP contribution in [0.25, 0.3) is 22.3 Å². The molecule has 0 unspecified atom stereocenters. The first-order valence-corrected chi connectivity index (χ1v) is 7.86. The van der Waals surface area contributed by atoms with E-state index in [-0.39, 0.29) is 12.5 Å². The fourth-order valence-corrected chi connectivity index (χ4v) is 2.60. The van der Waals surface area contributed by atoms with E-state index in [1.54, 1.807) is 42.7 Å². The van der Waals surface area contributed by atoms with Crippen LogP contribution in [0.5, 0.6) is 0 Å². The Labute approximate surface area is 147 Å². The molecule has 7 nitrogen and oxygen atoms in total. The number of pyridine rings is 1. The van der Waals surface area contributed by atoms with Gasteiger partial charge in [0.1, 0.15) is 5.69 Å². The molecule has 0 aliphatic carbocycles. The number of nitrogens with one attached hydrogen (secondary N) is 2. The molecule has 0 radical (unpaired) electrons. The molecule has 3 aromatic heterocycles. The van der Waals surface area contributed by atoms with E-state index in [1.165, 1.54) is 0 Å². The molecule has 124 valence electrons. The van der Waals surface area contributed by atoms with Gasteiger partial charge in [-0.1, -0.05) is 16.8 Å². The quantitative estimate of drug-likeness (QED) is 0.587. The lowest BCUT2D eigenvalue weighted by Gasteiger charge is -1.99. The van der Waals surface area contributed by atoms with Gasteiger partial charge in [0.25, 0.3) is 5.91 Å². The Hall–Kier alpha value is -3.19. The highest BCUT2D eigenvalue weighted by molar-refractivity contribution is 6.31. The summed E-state index contributed by atoms with van der Waals surface area (Å²) in [6.07, 6.45) is 3.30. The minimum absolute atomic E-state index is 0.132. The van der Waals surface area contributed by atoms with E-state index in [0.717, 1.165) is 16.5 Å². The zero-order valence-electron chi connectivity index (χ0n) is 12.9. The van der Waals surface area contributed by atoms with Crippen molar-refractivity contribution in [3.8, 4) is 11.4 Å². The Kier molecular flexibility index (Phi) is 3.91. The fourth-order valence-electron chi connectivity index (χ4n) is 2.42. The molecule has 0 spiro atoms. The van der Waals surface area contributed by atoms with E-state index in [9.17, 15) is 4.79 Å². The zero-order valence-corrected chi connectivity index (χ0v) is 13.6. The van der Waals surface area contributed by atoms with Crippen LogP contribution in [0.2, 0.25) is 5.02 Å². The summed E-state index contributed by atoms with van der Waals surface area (Å²) < 4.78 is 5.16. The van der Waals surface area contributed by atoms with Gasteiger partial charge in [0, 0.05) is 33.9 Å². The summed E-state index contributed by atoms with van der Waals surface area (Å²) in [5.74, 6) is 0.502. The van der Waals surface area contributed by atoms with Crippen molar-refractivity contribution < 1.29 is 9.32 Å². The molecule has 8 heteroatoms. The van der Waals surface area contributed by atoms with Crippen molar-refractivity contribution in [2.75, 3.05) is 0 Å². The second-order valence-corrected chi connectivity index (χ2v) is 5.78. The lowest BCUT2D eigenvalue weighted by atomic mass is 10.2. The number of carbonyl (C=O) groups is 1. The summed E-state index contributed by atoms with van der Waals surface area (Å²) in [5.41, 5.74) is 2.07. The number of carbonyl (C=O) groups excluding carboxylic acids is 1. The maximum Gasteiger partial charge on any atom is 0.268 e. The number of H-pyrrole nitrogens is 1. The monoisotopic (exact) mass is 353 g/mol. The van der Waals surface area contributed by atoms with Gasteiger partial charge < -0.3 is 14.8 Å². The highest BCUT2D eigenvalue weighted by Crippen LogP contribution is 2.20. The first-order valence-electron chi connectivity index (χ1n) is 7.48. The first kappa shape index (κ1) is 15.3. The predicted molar refractivity (Wildman–Crippen MR) is 92.0 cm³/mol. The van der Waals surface area contributed by atoms with Gasteiger partial charge in [0.15, 0.2) is 0 Å².